The van der Waals surface area contributed by atoms with Gasteiger partial charge in [-0.2, -0.15) is 0 Å². The van der Waals surface area contributed by atoms with E-state index >= 15 is 0 Å². The van der Waals surface area contributed by atoms with Crippen LogP contribution in [0.15, 0.2) is 36.4 Å². The Morgan fingerprint density at radius 3 is 1.41 bits per heavy atom. The lowest BCUT2D eigenvalue weighted by Crippen LogP contribution is -2.41. The molecule has 200 valence electrons. The van der Waals surface area contributed by atoms with Gasteiger partial charge in [0.2, 0.25) is 0 Å². The maximum Gasteiger partial charge on any atom is 0.173 e. The summed E-state index contributed by atoms with van der Waals surface area (Å²) >= 11 is 11.5. The molecule has 0 amide bonds. The van der Waals surface area contributed by atoms with E-state index in [0.717, 1.165) is 59.6 Å². The van der Waals surface area contributed by atoms with Gasteiger partial charge in [-0.3, -0.25) is 0 Å². The van der Waals surface area contributed by atoms with Crippen molar-refractivity contribution in [3.8, 4) is 0 Å². The van der Waals surface area contributed by atoms with Crippen LogP contribution in [0.2, 0.25) is 0 Å². The molecule has 2 aromatic carbocycles. The highest BCUT2D eigenvalue weighted by atomic mass is 32.1. The van der Waals surface area contributed by atoms with Crippen molar-refractivity contribution in [2.45, 2.75) is 72.6 Å². The summed E-state index contributed by atoms with van der Waals surface area (Å²) in [7, 11) is 0. The van der Waals surface area contributed by atoms with Crippen LogP contribution in [0, 0.1) is 39.5 Å². The summed E-state index contributed by atoms with van der Waals surface area (Å²) in [6, 6.07) is 13.0. The van der Waals surface area contributed by atoms with Crippen LogP contribution < -0.4 is 10.6 Å². The molecule has 0 bridgehead atoms. The fourth-order valence-electron chi connectivity index (χ4n) is 5.84. The molecular weight excluding hydrogens is 493 g/mol. The molecule has 0 spiro atoms. The average molecular weight is 537 g/mol. The van der Waals surface area contributed by atoms with Crippen LogP contribution in [0.4, 0.5) is 11.4 Å². The first-order valence-electron chi connectivity index (χ1n) is 14.0. The van der Waals surface area contributed by atoms with E-state index < -0.39 is 0 Å². The molecule has 0 atom stereocenters. The number of hydrogen-bond acceptors (Lipinski definition) is 2. The molecule has 0 aliphatic carbocycles. The molecule has 6 heteroatoms. The van der Waals surface area contributed by atoms with Gasteiger partial charge in [0.05, 0.1) is 0 Å². The zero-order valence-electron chi connectivity index (χ0n) is 23.1. The molecule has 2 aliphatic rings. The van der Waals surface area contributed by atoms with Crippen LogP contribution in [0.5, 0.6) is 0 Å². The Morgan fingerprint density at radius 1 is 0.676 bits per heavy atom. The van der Waals surface area contributed by atoms with Crippen LogP contribution in [-0.2, 0) is 0 Å². The minimum absolute atomic E-state index is 0.842. The summed E-state index contributed by atoms with van der Waals surface area (Å²) in [5.41, 5.74) is 7.34. The zero-order chi connectivity index (χ0) is 26.4. The van der Waals surface area contributed by atoms with Gasteiger partial charge in [-0.1, -0.05) is 54.7 Å². The Balaban J connectivity index is 1.11. The van der Waals surface area contributed by atoms with Crippen LogP contribution in [0.1, 0.15) is 67.2 Å². The maximum atomic E-state index is 5.73. The third-order valence-corrected chi connectivity index (χ3v) is 9.00. The lowest BCUT2D eigenvalue weighted by Gasteiger charge is -2.35. The Morgan fingerprint density at radius 2 is 1.05 bits per heavy atom. The molecule has 0 saturated carbocycles. The molecular formula is C31H44N4S2. The second-order valence-corrected chi connectivity index (χ2v) is 12.1. The first-order valence-corrected chi connectivity index (χ1v) is 14.9. The predicted octanol–water partition coefficient (Wildman–Crippen LogP) is 7.61. The molecule has 2 fully saturated rings. The van der Waals surface area contributed by atoms with Crippen molar-refractivity contribution in [1.82, 2.24) is 9.80 Å². The van der Waals surface area contributed by atoms with Gasteiger partial charge in [-0.05, 0) is 113 Å². The van der Waals surface area contributed by atoms with Gasteiger partial charge < -0.3 is 20.4 Å². The lowest BCUT2D eigenvalue weighted by molar-refractivity contribution is 0.229. The molecule has 37 heavy (non-hydrogen) atoms. The van der Waals surface area contributed by atoms with Crippen molar-refractivity contribution >= 4 is 46.0 Å². The highest BCUT2D eigenvalue weighted by Gasteiger charge is 2.24. The summed E-state index contributed by atoms with van der Waals surface area (Å²) in [5, 5.41) is 8.71. The fourth-order valence-corrected chi connectivity index (χ4v) is 6.43. The number of benzene rings is 2. The molecule has 0 radical (unpaired) electrons. The van der Waals surface area contributed by atoms with Crippen LogP contribution >= 0.6 is 24.4 Å². The van der Waals surface area contributed by atoms with Gasteiger partial charge in [0.25, 0.3) is 0 Å². The third-order valence-electron chi connectivity index (χ3n) is 8.28. The van der Waals surface area contributed by atoms with Crippen LogP contribution in [0.25, 0.3) is 0 Å². The van der Waals surface area contributed by atoms with Crippen molar-refractivity contribution in [3.05, 3.63) is 58.7 Å². The molecule has 0 unspecified atom stereocenters. The SMILES string of the molecule is Cc1ccc(NC(=S)N2CCC(CCCC3CCN(C(=S)Nc4ccc(C)cc4C)CC3)CC2)c(C)c1. The van der Waals surface area contributed by atoms with Crippen molar-refractivity contribution in [2.24, 2.45) is 11.8 Å². The van der Waals surface area contributed by atoms with E-state index in [2.05, 4.69) is 84.5 Å². The van der Waals surface area contributed by atoms with Crippen LogP contribution in [-0.4, -0.2) is 46.2 Å². The topological polar surface area (TPSA) is 30.5 Å². The fraction of sp³-hybridized carbons (Fsp3) is 0.548. The molecule has 4 rings (SSSR count). The number of nitrogens with zero attached hydrogens (tertiary/aromatic N) is 2. The minimum atomic E-state index is 0.842. The number of hydrogen-bond donors (Lipinski definition) is 2. The number of anilines is 2. The summed E-state index contributed by atoms with van der Waals surface area (Å²) in [5.74, 6) is 1.68. The number of thiocarbonyl (C=S) groups is 2. The van der Waals surface area contributed by atoms with Gasteiger partial charge in [-0.25, -0.2) is 0 Å². The summed E-state index contributed by atoms with van der Waals surface area (Å²) in [6.45, 7) is 12.8. The van der Waals surface area contributed by atoms with E-state index in [1.54, 1.807) is 0 Å². The van der Waals surface area contributed by atoms with Crippen molar-refractivity contribution in [2.75, 3.05) is 36.8 Å². The monoisotopic (exact) mass is 536 g/mol. The largest absolute Gasteiger partial charge is 0.349 e. The Kier molecular flexibility index (Phi) is 9.83. The lowest BCUT2D eigenvalue weighted by atomic mass is 9.87. The van der Waals surface area contributed by atoms with Gasteiger partial charge in [-0.15, -0.1) is 0 Å². The van der Waals surface area contributed by atoms with Crippen LogP contribution in [0.3, 0.4) is 0 Å². The van der Waals surface area contributed by atoms with Gasteiger partial charge in [0.1, 0.15) is 0 Å². The number of nitrogens with one attached hydrogen (secondary N) is 2. The predicted molar refractivity (Wildman–Crippen MR) is 167 cm³/mol. The maximum absolute atomic E-state index is 5.73. The molecule has 4 nitrogen and oxygen atoms in total. The van der Waals surface area contributed by atoms with E-state index in [0.29, 0.717) is 0 Å². The standard InChI is InChI=1S/C31H44N4S2/c1-22-8-10-28(24(3)20-22)32-30(36)34-16-12-26(13-17-34)6-5-7-27-14-18-35(19-15-27)31(37)33-29-11-9-23(2)21-25(29)4/h8-11,20-21,26-27H,5-7,12-19H2,1-4H3,(H,32,36)(H,33,37). The molecule has 2 N–H and O–H groups in total. The van der Waals surface area contributed by atoms with Crippen molar-refractivity contribution in [1.29, 1.82) is 0 Å². The summed E-state index contributed by atoms with van der Waals surface area (Å²) in [6.07, 6.45) is 9.09. The van der Waals surface area contributed by atoms with E-state index in [1.807, 2.05) is 0 Å². The smallest absolute Gasteiger partial charge is 0.173 e. The number of rotatable bonds is 6. The van der Waals surface area contributed by atoms with E-state index in [4.69, 9.17) is 24.4 Å². The second-order valence-electron chi connectivity index (χ2n) is 11.3. The molecule has 2 heterocycles. The highest BCUT2D eigenvalue weighted by molar-refractivity contribution is 7.80. The zero-order valence-corrected chi connectivity index (χ0v) is 24.7. The Hall–Kier alpha value is -2.18. The summed E-state index contributed by atoms with van der Waals surface area (Å²) < 4.78 is 0. The second kappa shape index (κ2) is 13.1. The van der Waals surface area contributed by atoms with Gasteiger partial charge in [0.15, 0.2) is 10.2 Å². The molecule has 0 aromatic heterocycles. The Labute approximate surface area is 235 Å². The summed E-state index contributed by atoms with van der Waals surface area (Å²) in [4.78, 5) is 4.71. The molecule has 2 aliphatic heterocycles. The van der Waals surface area contributed by atoms with Gasteiger partial charge in [0, 0.05) is 37.6 Å². The van der Waals surface area contributed by atoms with Crippen molar-refractivity contribution < 1.29 is 0 Å². The minimum Gasteiger partial charge on any atom is -0.349 e. The number of piperidine rings is 2. The first kappa shape index (κ1) is 27.8. The average Bonchev–Trinajstić information content (AvgIpc) is 2.88. The quantitative estimate of drug-likeness (QED) is 0.370. The van der Waals surface area contributed by atoms with E-state index in [1.165, 1.54) is 67.2 Å². The third kappa shape index (κ3) is 7.90. The van der Waals surface area contributed by atoms with Crippen molar-refractivity contribution in [3.63, 3.8) is 0 Å². The normalized spacial score (nSPS) is 17.1. The van der Waals surface area contributed by atoms with E-state index in [-0.39, 0.29) is 0 Å². The highest BCUT2D eigenvalue weighted by Crippen LogP contribution is 2.28. The molecule has 2 aromatic rings. The Bertz CT molecular complexity index is 997. The van der Waals surface area contributed by atoms with Gasteiger partial charge >= 0.3 is 0 Å². The number of aryl methyl sites for hydroxylation is 4. The molecule has 2 saturated heterocycles. The first-order chi connectivity index (χ1) is 17.8. The number of likely N-dealkylation sites (tertiary alicyclic amines) is 2. The van der Waals surface area contributed by atoms with E-state index in [9.17, 15) is 0 Å².